The molecule has 0 radical (unpaired) electrons. The number of nitrogens with zero attached hydrogens (tertiary/aromatic N) is 2. The maximum Gasteiger partial charge on any atom is 0.251 e. The van der Waals surface area contributed by atoms with Crippen LogP contribution in [0.1, 0.15) is 47.6 Å². The largest absolute Gasteiger partial charge is 0.396 e. The Hall–Kier alpha value is -2.14. The summed E-state index contributed by atoms with van der Waals surface area (Å²) >= 11 is 0. The van der Waals surface area contributed by atoms with E-state index in [1.807, 2.05) is 56.6 Å². The Morgan fingerprint density at radius 1 is 1.25 bits per heavy atom. The van der Waals surface area contributed by atoms with E-state index in [2.05, 4.69) is 16.5 Å². The fourth-order valence-electron chi connectivity index (χ4n) is 2.58. The molecule has 130 valence electrons. The van der Waals surface area contributed by atoms with Gasteiger partial charge in [-0.1, -0.05) is 26.0 Å². The lowest BCUT2D eigenvalue weighted by Gasteiger charge is -2.23. The van der Waals surface area contributed by atoms with Crippen LogP contribution in [-0.4, -0.2) is 33.9 Å². The molecule has 5 nitrogen and oxygen atoms in total. The number of benzene rings is 1. The standard InChI is InChI=1S/C19H27N3O2/c1-14-11-15(2)22(21-14)12-16-5-7-17(8-6-16)18(24)20-13-19(3,4)9-10-23/h5-8,11,23H,9-10,12-13H2,1-4H3,(H,20,24). The zero-order chi connectivity index (χ0) is 17.7. The van der Waals surface area contributed by atoms with Crippen LogP contribution in [0.4, 0.5) is 0 Å². The maximum absolute atomic E-state index is 12.2. The highest BCUT2D eigenvalue weighted by Gasteiger charge is 2.18. The summed E-state index contributed by atoms with van der Waals surface area (Å²) in [6.45, 7) is 9.45. The van der Waals surface area contributed by atoms with Gasteiger partial charge in [-0.25, -0.2) is 0 Å². The van der Waals surface area contributed by atoms with E-state index in [0.29, 0.717) is 25.1 Å². The quantitative estimate of drug-likeness (QED) is 0.821. The van der Waals surface area contributed by atoms with E-state index < -0.39 is 0 Å². The van der Waals surface area contributed by atoms with Gasteiger partial charge in [0.2, 0.25) is 0 Å². The molecule has 1 aromatic heterocycles. The van der Waals surface area contributed by atoms with Crippen LogP contribution >= 0.6 is 0 Å². The molecule has 0 aliphatic rings. The normalized spacial score (nSPS) is 11.5. The van der Waals surface area contributed by atoms with E-state index >= 15 is 0 Å². The first-order chi connectivity index (χ1) is 11.3. The predicted octanol–water partition coefficient (Wildman–Crippen LogP) is 2.69. The van der Waals surface area contributed by atoms with Crippen LogP contribution in [0, 0.1) is 19.3 Å². The third-order valence-electron chi connectivity index (χ3n) is 4.17. The molecule has 24 heavy (non-hydrogen) atoms. The second kappa shape index (κ2) is 7.62. The molecule has 1 aromatic carbocycles. The fourth-order valence-corrected chi connectivity index (χ4v) is 2.58. The Kier molecular flexibility index (Phi) is 5.78. The molecule has 0 spiro atoms. The van der Waals surface area contributed by atoms with E-state index in [-0.39, 0.29) is 17.9 Å². The molecule has 0 bridgehead atoms. The Bertz CT molecular complexity index is 687. The van der Waals surface area contributed by atoms with Gasteiger partial charge in [-0.15, -0.1) is 0 Å². The third kappa shape index (κ3) is 4.93. The average Bonchev–Trinajstić information content (AvgIpc) is 2.83. The Morgan fingerprint density at radius 2 is 1.92 bits per heavy atom. The molecule has 0 saturated heterocycles. The number of aromatic nitrogens is 2. The summed E-state index contributed by atoms with van der Waals surface area (Å²) in [5.74, 6) is -0.0846. The van der Waals surface area contributed by atoms with Gasteiger partial charge in [-0.05, 0) is 49.4 Å². The number of aliphatic hydroxyl groups excluding tert-OH is 1. The molecule has 0 fully saturated rings. The molecule has 1 heterocycles. The monoisotopic (exact) mass is 329 g/mol. The van der Waals surface area contributed by atoms with E-state index in [1.165, 1.54) is 0 Å². The van der Waals surface area contributed by atoms with E-state index in [0.717, 1.165) is 17.0 Å². The van der Waals surface area contributed by atoms with Crippen molar-refractivity contribution >= 4 is 5.91 Å². The lowest BCUT2D eigenvalue weighted by molar-refractivity contribution is 0.0928. The number of hydrogen-bond donors (Lipinski definition) is 2. The SMILES string of the molecule is Cc1cc(C)n(Cc2ccc(C(=O)NCC(C)(C)CCO)cc2)n1. The zero-order valence-electron chi connectivity index (χ0n) is 15.0. The minimum absolute atomic E-state index is 0.0846. The first-order valence-electron chi connectivity index (χ1n) is 8.30. The Balaban J connectivity index is 1.96. The number of amides is 1. The van der Waals surface area contributed by atoms with Crippen LogP contribution in [-0.2, 0) is 6.54 Å². The molecule has 5 heteroatoms. The number of nitrogens with one attached hydrogen (secondary N) is 1. The molecule has 0 aliphatic carbocycles. The summed E-state index contributed by atoms with van der Waals surface area (Å²) in [4.78, 5) is 12.2. The molecule has 0 saturated carbocycles. The second-order valence-electron chi connectivity index (χ2n) is 7.10. The summed E-state index contributed by atoms with van der Waals surface area (Å²) in [7, 11) is 0. The zero-order valence-corrected chi connectivity index (χ0v) is 15.0. The van der Waals surface area contributed by atoms with Crippen LogP contribution in [0.2, 0.25) is 0 Å². The van der Waals surface area contributed by atoms with Crippen molar-refractivity contribution in [3.63, 3.8) is 0 Å². The van der Waals surface area contributed by atoms with Crippen LogP contribution in [0.25, 0.3) is 0 Å². The molecule has 0 unspecified atom stereocenters. The average molecular weight is 329 g/mol. The van der Waals surface area contributed by atoms with Gasteiger partial charge in [-0.3, -0.25) is 9.48 Å². The van der Waals surface area contributed by atoms with Crippen LogP contribution in [0.3, 0.4) is 0 Å². The fraction of sp³-hybridized carbons (Fsp3) is 0.474. The first-order valence-corrected chi connectivity index (χ1v) is 8.30. The number of rotatable bonds is 7. The minimum Gasteiger partial charge on any atom is -0.396 e. The van der Waals surface area contributed by atoms with E-state index in [9.17, 15) is 4.79 Å². The van der Waals surface area contributed by atoms with Gasteiger partial charge in [0.25, 0.3) is 5.91 Å². The summed E-state index contributed by atoms with van der Waals surface area (Å²) in [5.41, 5.74) is 3.78. The van der Waals surface area contributed by atoms with Crippen LogP contribution < -0.4 is 5.32 Å². The predicted molar refractivity (Wildman–Crippen MR) is 95.1 cm³/mol. The molecule has 0 aliphatic heterocycles. The second-order valence-corrected chi connectivity index (χ2v) is 7.10. The molecule has 0 atom stereocenters. The molecule has 2 aromatic rings. The number of hydrogen-bond acceptors (Lipinski definition) is 3. The van der Waals surface area contributed by atoms with Crippen molar-refractivity contribution in [2.24, 2.45) is 5.41 Å². The van der Waals surface area contributed by atoms with Crippen LogP contribution in [0.5, 0.6) is 0 Å². The first kappa shape index (κ1) is 18.2. The molecule has 2 rings (SSSR count). The lowest BCUT2D eigenvalue weighted by atomic mass is 9.89. The number of aryl methyl sites for hydroxylation is 2. The molecular formula is C19H27N3O2. The molecule has 2 N–H and O–H groups in total. The van der Waals surface area contributed by atoms with Crippen molar-refractivity contribution in [1.82, 2.24) is 15.1 Å². The summed E-state index contributed by atoms with van der Waals surface area (Å²) in [6.07, 6.45) is 0.662. The topological polar surface area (TPSA) is 67.2 Å². The van der Waals surface area contributed by atoms with Gasteiger partial charge in [-0.2, -0.15) is 5.10 Å². The van der Waals surface area contributed by atoms with Crippen molar-refractivity contribution in [2.75, 3.05) is 13.2 Å². The third-order valence-corrected chi connectivity index (χ3v) is 4.17. The minimum atomic E-state index is -0.111. The Labute approximate surface area is 143 Å². The van der Waals surface area contributed by atoms with Crippen molar-refractivity contribution in [3.8, 4) is 0 Å². The lowest BCUT2D eigenvalue weighted by Crippen LogP contribution is -2.34. The Morgan fingerprint density at radius 3 is 2.46 bits per heavy atom. The number of aliphatic hydroxyl groups is 1. The van der Waals surface area contributed by atoms with E-state index in [1.54, 1.807) is 0 Å². The van der Waals surface area contributed by atoms with Crippen molar-refractivity contribution in [2.45, 2.75) is 40.7 Å². The highest BCUT2D eigenvalue weighted by Crippen LogP contribution is 2.18. The highest BCUT2D eigenvalue weighted by atomic mass is 16.3. The van der Waals surface area contributed by atoms with Gasteiger partial charge in [0, 0.05) is 24.4 Å². The molecular weight excluding hydrogens is 302 g/mol. The van der Waals surface area contributed by atoms with Crippen molar-refractivity contribution in [3.05, 3.63) is 52.8 Å². The van der Waals surface area contributed by atoms with E-state index in [4.69, 9.17) is 5.11 Å². The number of carbonyl (C=O) groups is 1. The molecule has 1 amide bonds. The van der Waals surface area contributed by atoms with Crippen molar-refractivity contribution in [1.29, 1.82) is 0 Å². The smallest absolute Gasteiger partial charge is 0.251 e. The summed E-state index contributed by atoms with van der Waals surface area (Å²) < 4.78 is 1.96. The summed E-state index contributed by atoms with van der Waals surface area (Å²) in [5, 5.41) is 16.4. The van der Waals surface area contributed by atoms with Crippen molar-refractivity contribution < 1.29 is 9.90 Å². The maximum atomic E-state index is 12.2. The van der Waals surface area contributed by atoms with Gasteiger partial charge < -0.3 is 10.4 Å². The van der Waals surface area contributed by atoms with Gasteiger partial charge >= 0.3 is 0 Å². The summed E-state index contributed by atoms with van der Waals surface area (Å²) in [6, 6.07) is 9.66. The van der Waals surface area contributed by atoms with Gasteiger partial charge in [0.15, 0.2) is 0 Å². The number of carbonyl (C=O) groups excluding carboxylic acids is 1. The van der Waals surface area contributed by atoms with Crippen LogP contribution in [0.15, 0.2) is 30.3 Å². The van der Waals surface area contributed by atoms with Gasteiger partial charge in [0.1, 0.15) is 0 Å². The van der Waals surface area contributed by atoms with Gasteiger partial charge in [0.05, 0.1) is 12.2 Å². The highest BCUT2D eigenvalue weighted by molar-refractivity contribution is 5.94.